The molecular weight excluding hydrogens is 258 g/mol. The van der Waals surface area contributed by atoms with Crippen molar-refractivity contribution in [1.82, 2.24) is 10.3 Å². The van der Waals surface area contributed by atoms with E-state index in [-0.39, 0.29) is 17.9 Å². The van der Waals surface area contributed by atoms with E-state index < -0.39 is 5.82 Å². The molecule has 20 heavy (non-hydrogen) atoms. The zero-order chi connectivity index (χ0) is 14.1. The van der Waals surface area contributed by atoms with Crippen molar-refractivity contribution in [1.29, 1.82) is 0 Å². The number of nitrogens with zero attached hydrogens (tertiary/aromatic N) is 1. The van der Waals surface area contributed by atoms with Crippen molar-refractivity contribution in [3.63, 3.8) is 0 Å². The lowest BCUT2D eigenvalue weighted by atomic mass is 10.1. The minimum absolute atomic E-state index is 0.101. The van der Waals surface area contributed by atoms with Crippen LogP contribution in [0.25, 0.3) is 0 Å². The van der Waals surface area contributed by atoms with E-state index in [2.05, 4.69) is 16.4 Å². The van der Waals surface area contributed by atoms with Gasteiger partial charge in [0.05, 0.1) is 11.7 Å². The van der Waals surface area contributed by atoms with Gasteiger partial charge in [-0.3, -0.25) is 4.98 Å². The van der Waals surface area contributed by atoms with E-state index in [0.29, 0.717) is 5.56 Å². The molecule has 0 radical (unpaired) electrons. The van der Waals surface area contributed by atoms with Crippen LogP contribution >= 0.6 is 0 Å². The zero-order valence-corrected chi connectivity index (χ0v) is 11.2. The number of hydrogen-bond acceptors (Lipinski definition) is 2. The van der Waals surface area contributed by atoms with Gasteiger partial charge in [-0.2, -0.15) is 0 Å². The predicted molar refractivity (Wildman–Crippen MR) is 73.2 cm³/mol. The normalized spacial score (nSPS) is 18.9. The first-order valence-electron chi connectivity index (χ1n) is 6.80. The maximum atomic E-state index is 13.8. The molecule has 4 heteroatoms. The van der Waals surface area contributed by atoms with Crippen LogP contribution in [0.1, 0.15) is 42.2 Å². The first kappa shape index (κ1) is 13.2. The van der Waals surface area contributed by atoms with Crippen LogP contribution in [0, 0.1) is 11.6 Å². The molecule has 0 saturated heterocycles. The van der Waals surface area contributed by atoms with Gasteiger partial charge in [-0.05, 0) is 49.6 Å². The third kappa shape index (κ3) is 2.43. The number of rotatable bonds is 3. The molecule has 1 N–H and O–H groups in total. The number of hydrogen-bond donors (Lipinski definition) is 1. The van der Waals surface area contributed by atoms with Crippen LogP contribution in [0.5, 0.6) is 0 Å². The molecule has 1 aliphatic carbocycles. The maximum Gasteiger partial charge on any atom is 0.128 e. The molecule has 0 amide bonds. The van der Waals surface area contributed by atoms with Crippen LogP contribution in [-0.4, -0.2) is 4.98 Å². The molecule has 3 rings (SSSR count). The summed E-state index contributed by atoms with van der Waals surface area (Å²) in [5.41, 5.74) is 2.61. The van der Waals surface area contributed by atoms with Crippen LogP contribution in [0.2, 0.25) is 0 Å². The smallest absolute Gasteiger partial charge is 0.128 e. The van der Waals surface area contributed by atoms with Crippen LogP contribution < -0.4 is 5.32 Å². The summed E-state index contributed by atoms with van der Waals surface area (Å²) in [5.74, 6) is -0.800. The summed E-state index contributed by atoms with van der Waals surface area (Å²) in [6, 6.07) is 7.39. The second kappa shape index (κ2) is 5.29. The van der Waals surface area contributed by atoms with Gasteiger partial charge in [-0.25, -0.2) is 8.78 Å². The number of benzene rings is 1. The average molecular weight is 274 g/mol. The largest absolute Gasteiger partial charge is 0.302 e. The number of pyridine rings is 1. The third-order valence-electron chi connectivity index (χ3n) is 3.83. The minimum atomic E-state index is -0.417. The average Bonchev–Trinajstić information content (AvgIpc) is 2.85. The van der Waals surface area contributed by atoms with Crippen molar-refractivity contribution < 1.29 is 8.78 Å². The Labute approximate surface area is 116 Å². The molecule has 0 fully saturated rings. The first-order chi connectivity index (χ1) is 9.65. The van der Waals surface area contributed by atoms with Crippen molar-refractivity contribution in [2.24, 2.45) is 0 Å². The van der Waals surface area contributed by atoms with Crippen molar-refractivity contribution in [2.45, 2.75) is 31.8 Å². The Morgan fingerprint density at radius 1 is 1.30 bits per heavy atom. The van der Waals surface area contributed by atoms with Crippen molar-refractivity contribution in [3.05, 3.63) is 65.0 Å². The highest BCUT2D eigenvalue weighted by atomic mass is 19.1. The van der Waals surface area contributed by atoms with Gasteiger partial charge in [0, 0.05) is 17.8 Å². The number of aromatic nitrogens is 1. The zero-order valence-electron chi connectivity index (χ0n) is 11.2. The first-order valence-corrected chi connectivity index (χ1v) is 6.80. The Balaban J connectivity index is 1.80. The summed E-state index contributed by atoms with van der Waals surface area (Å²) >= 11 is 0. The van der Waals surface area contributed by atoms with Crippen molar-refractivity contribution >= 4 is 0 Å². The Kier molecular flexibility index (Phi) is 3.49. The van der Waals surface area contributed by atoms with E-state index in [1.807, 2.05) is 13.0 Å². The molecule has 2 aromatic rings. The maximum absolute atomic E-state index is 13.8. The van der Waals surface area contributed by atoms with Gasteiger partial charge in [0.25, 0.3) is 0 Å². The molecule has 0 spiro atoms. The molecule has 0 saturated carbocycles. The lowest BCUT2D eigenvalue weighted by Crippen LogP contribution is -2.24. The third-order valence-corrected chi connectivity index (χ3v) is 3.83. The van der Waals surface area contributed by atoms with Crippen LogP contribution in [0.15, 0.2) is 36.5 Å². The topological polar surface area (TPSA) is 24.9 Å². The van der Waals surface area contributed by atoms with Gasteiger partial charge >= 0.3 is 0 Å². The molecule has 2 atom stereocenters. The van der Waals surface area contributed by atoms with Gasteiger partial charge in [0.2, 0.25) is 0 Å². The van der Waals surface area contributed by atoms with Crippen LogP contribution in [-0.2, 0) is 6.42 Å². The lowest BCUT2D eigenvalue weighted by molar-refractivity contribution is 0.442. The summed E-state index contributed by atoms with van der Waals surface area (Å²) in [7, 11) is 0. The van der Waals surface area contributed by atoms with E-state index in [9.17, 15) is 8.78 Å². The minimum Gasteiger partial charge on any atom is -0.302 e. The summed E-state index contributed by atoms with van der Waals surface area (Å²) in [6.07, 6.45) is 3.68. The lowest BCUT2D eigenvalue weighted by Gasteiger charge is -2.20. The molecule has 0 bridgehead atoms. The highest BCUT2D eigenvalue weighted by Crippen LogP contribution is 2.31. The van der Waals surface area contributed by atoms with Gasteiger partial charge < -0.3 is 5.32 Å². The van der Waals surface area contributed by atoms with E-state index in [0.717, 1.165) is 24.6 Å². The SMILES string of the molecule is CC(NC1CCc2cccnc21)c1cc(F)ccc1F. The van der Waals surface area contributed by atoms with Crippen LogP contribution in [0.3, 0.4) is 0 Å². The molecule has 2 unspecified atom stereocenters. The number of fused-ring (bicyclic) bond motifs is 1. The van der Waals surface area contributed by atoms with Gasteiger partial charge in [-0.15, -0.1) is 0 Å². The summed E-state index contributed by atoms with van der Waals surface area (Å²) in [5, 5.41) is 3.35. The molecule has 2 nitrogen and oxygen atoms in total. The molecule has 104 valence electrons. The van der Waals surface area contributed by atoms with E-state index >= 15 is 0 Å². The summed E-state index contributed by atoms with van der Waals surface area (Å²) < 4.78 is 27.0. The fourth-order valence-electron chi connectivity index (χ4n) is 2.81. The molecule has 0 aliphatic heterocycles. The fourth-order valence-corrected chi connectivity index (χ4v) is 2.81. The second-order valence-electron chi connectivity index (χ2n) is 5.19. The van der Waals surface area contributed by atoms with Crippen molar-refractivity contribution in [3.8, 4) is 0 Å². The molecular formula is C16H16F2N2. The van der Waals surface area contributed by atoms with Crippen molar-refractivity contribution in [2.75, 3.05) is 0 Å². The second-order valence-corrected chi connectivity index (χ2v) is 5.19. The van der Waals surface area contributed by atoms with E-state index in [1.54, 1.807) is 6.20 Å². The predicted octanol–water partition coefficient (Wildman–Crippen LogP) is 3.70. The molecule has 1 aromatic heterocycles. The summed E-state index contributed by atoms with van der Waals surface area (Å²) in [6.45, 7) is 1.85. The Morgan fingerprint density at radius 3 is 3.00 bits per heavy atom. The molecule has 1 heterocycles. The highest BCUT2D eigenvalue weighted by Gasteiger charge is 2.25. The Hall–Kier alpha value is -1.81. The van der Waals surface area contributed by atoms with Gasteiger partial charge in [0.1, 0.15) is 11.6 Å². The number of halogens is 2. The van der Waals surface area contributed by atoms with E-state index in [1.165, 1.54) is 17.7 Å². The number of aryl methyl sites for hydroxylation is 1. The quantitative estimate of drug-likeness (QED) is 0.923. The van der Waals surface area contributed by atoms with Gasteiger partial charge in [0.15, 0.2) is 0 Å². The van der Waals surface area contributed by atoms with Crippen LogP contribution in [0.4, 0.5) is 8.78 Å². The van der Waals surface area contributed by atoms with E-state index in [4.69, 9.17) is 0 Å². The standard InChI is InChI=1S/C16H16F2N2/c1-10(13-9-12(17)5-6-14(13)18)20-15-7-4-11-3-2-8-19-16(11)15/h2-3,5-6,8-10,15,20H,4,7H2,1H3. The molecule has 1 aliphatic rings. The highest BCUT2D eigenvalue weighted by molar-refractivity contribution is 5.29. The number of nitrogens with one attached hydrogen (secondary N) is 1. The fraction of sp³-hybridized carbons (Fsp3) is 0.312. The summed E-state index contributed by atoms with van der Waals surface area (Å²) in [4.78, 5) is 4.40. The van der Waals surface area contributed by atoms with Gasteiger partial charge in [-0.1, -0.05) is 6.07 Å². The Morgan fingerprint density at radius 2 is 2.15 bits per heavy atom. The molecule has 1 aromatic carbocycles. The monoisotopic (exact) mass is 274 g/mol. The Bertz CT molecular complexity index is 628.